The molecular weight excluding hydrogens is 540 g/mol. The molecule has 43 heavy (non-hydrogen) atoms. The van der Waals surface area contributed by atoms with Crippen LogP contribution in [0.5, 0.6) is 5.75 Å². The van der Waals surface area contributed by atoms with Crippen molar-refractivity contribution < 1.29 is 18.7 Å². The first kappa shape index (κ1) is 30.3. The number of ether oxygens (including phenoxy) is 2. The van der Waals surface area contributed by atoms with Gasteiger partial charge in [0, 0.05) is 37.0 Å². The molecule has 0 aliphatic carbocycles. The average molecular weight is 583 g/mol. The SMILES string of the molecule is CCOC(=O)[C@H]1CN(c2nccc(C)n2)C[C@H]1Cc1ccc(OCCc2nc(-c3ccc(C(C)(C)C)cc3)oc2C)cc1. The van der Waals surface area contributed by atoms with E-state index in [0.717, 1.165) is 40.4 Å². The average Bonchev–Trinajstić information content (AvgIpc) is 3.57. The molecule has 0 spiro atoms. The third kappa shape index (κ3) is 7.42. The van der Waals surface area contributed by atoms with Gasteiger partial charge in [-0.25, -0.2) is 15.0 Å². The lowest BCUT2D eigenvalue weighted by Gasteiger charge is -2.18. The normalized spacial score (nSPS) is 16.8. The van der Waals surface area contributed by atoms with E-state index in [1.54, 1.807) is 6.20 Å². The number of anilines is 1. The number of carbonyl (C=O) groups is 1. The second-order valence-electron chi connectivity index (χ2n) is 12.3. The minimum Gasteiger partial charge on any atom is -0.493 e. The zero-order valence-corrected chi connectivity index (χ0v) is 26.1. The predicted molar refractivity (Wildman–Crippen MR) is 167 cm³/mol. The van der Waals surface area contributed by atoms with Gasteiger partial charge in [-0.1, -0.05) is 45.0 Å². The highest BCUT2D eigenvalue weighted by Gasteiger charge is 2.39. The summed E-state index contributed by atoms with van der Waals surface area (Å²) in [6.45, 7) is 14.5. The largest absolute Gasteiger partial charge is 0.493 e. The molecular formula is C35H42N4O4. The van der Waals surface area contributed by atoms with Crippen molar-refractivity contribution in [2.24, 2.45) is 11.8 Å². The van der Waals surface area contributed by atoms with Crippen LogP contribution in [0.15, 0.2) is 65.2 Å². The second kappa shape index (κ2) is 13.0. The topological polar surface area (TPSA) is 90.6 Å². The van der Waals surface area contributed by atoms with Crippen LogP contribution in [-0.4, -0.2) is 47.2 Å². The smallest absolute Gasteiger partial charge is 0.311 e. The zero-order chi connectivity index (χ0) is 30.6. The maximum atomic E-state index is 12.8. The van der Waals surface area contributed by atoms with Gasteiger partial charge in [-0.15, -0.1) is 0 Å². The lowest BCUT2D eigenvalue weighted by Crippen LogP contribution is -2.27. The van der Waals surface area contributed by atoms with Crippen LogP contribution < -0.4 is 9.64 Å². The number of carbonyl (C=O) groups excluding carboxylic acids is 1. The highest BCUT2D eigenvalue weighted by molar-refractivity contribution is 5.74. The quantitative estimate of drug-likeness (QED) is 0.195. The number of hydrogen-bond acceptors (Lipinski definition) is 8. The minimum absolute atomic E-state index is 0.101. The van der Waals surface area contributed by atoms with E-state index < -0.39 is 0 Å². The van der Waals surface area contributed by atoms with E-state index in [-0.39, 0.29) is 23.2 Å². The Morgan fingerprint density at radius 1 is 1.00 bits per heavy atom. The number of hydrogen-bond donors (Lipinski definition) is 0. The summed E-state index contributed by atoms with van der Waals surface area (Å²) in [7, 11) is 0. The van der Waals surface area contributed by atoms with Crippen LogP contribution in [0.25, 0.3) is 11.5 Å². The van der Waals surface area contributed by atoms with Crippen molar-refractivity contribution in [2.45, 2.75) is 59.8 Å². The lowest BCUT2D eigenvalue weighted by atomic mass is 9.87. The van der Waals surface area contributed by atoms with E-state index in [4.69, 9.17) is 18.9 Å². The molecule has 0 radical (unpaired) electrons. The van der Waals surface area contributed by atoms with Crippen molar-refractivity contribution in [2.75, 3.05) is 31.2 Å². The van der Waals surface area contributed by atoms with Gasteiger partial charge in [-0.2, -0.15) is 0 Å². The number of oxazole rings is 1. The summed E-state index contributed by atoms with van der Waals surface area (Å²) < 4.78 is 17.4. The van der Waals surface area contributed by atoms with Crippen molar-refractivity contribution >= 4 is 11.9 Å². The predicted octanol–water partition coefficient (Wildman–Crippen LogP) is 6.53. The van der Waals surface area contributed by atoms with Gasteiger partial charge in [-0.05, 0) is 80.0 Å². The van der Waals surface area contributed by atoms with Crippen LogP contribution in [0.4, 0.5) is 5.95 Å². The second-order valence-corrected chi connectivity index (χ2v) is 12.3. The number of aryl methyl sites for hydroxylation is 2. The van der Waals surface area contributed by atoms with Gasteiger partial charge >= 0.3 is 5.97 Å². The zero-order valence-electron chi connectivity index (χ0n) is 26.1. The molecule has 1 aliphatic rings. The standard InChI is InChI=1S/C35H42N4O4/c1-7-41-33(40)30-22-39(34-36-18-16-23(2)37-34)21-27(30)20-25-8-14-29(15-9-25)42-19-17-31-24(3)43-32(38-31)26-10-12-28(13-11-26)35(4,5)6/h8-16,18,27,30H,7,17,19-22H2,1-6H3/t27-,30+/m1/s1. The summed E-state index contributed by atoms with van der Waals surface area (Å²) in [5.41, 5.74) is 5.31. The van der Waals surface area contributed by atoms with Gasteiger partial charge in [0.2, 0.25) is 11.8 Å². The molecule has 226 valence electrons. The first-order valence-corrected chi connectivity index (χ1v) is 15.1. The highest BCUT2D eigenvalue weighted by Crippen LogP contribution is 2.31. The maximum absolute atomic E-state index is 12.8. The fraction of sp³-hybridized carbons (Fsp3) is 0.429. The molecule has 0 N–H and O–H groups in total. The van der Waals surface area contributed by atoms with Crippen LogP contribution in [0.3, 0.4) is 0 Å². The molecule has 5 rings (SSSR count). The maximum Gasteiger partial charge on any atom is 0.311 e. The van der Waals surface area contributed by atoms with E-state index in [1.807, 2.05) is 39.0 Å². The molecule has 1 aliphatic heterocycles. The molecule has 4 aromatic rings. The molecule has 2 atom stereocenters. The van der Waals surface area contributed by atoms with E-state index in [2.05, 4.69) is 72.0 Å². The molecule has 2 aromatic heterocycles. The van der Waals surface area contributed by atoms with Crippen molar-refractivity contribution in [1.29, 1.82) is 0 Å². The van der Waals surface area contributed by atoms with Gasteiger partial charge in [0.05, 0.1) is 24.8 Å². The van der Waals surface area contributed by atoms with Crippen molar-refractivity contribution in [3.8, 4) is 17.2 Å². The van der Waals surface area contributed by atoms with Gasteiger partial charge in [0.15, 0.2) is 0 Å². The van der Waals surface area contributed by atoms with E-state index in [1.165, 1.54) is 5.56 Å². The number of rotatable bonds is 10. The molecule has 2 aromatic carbocycles. The summed E-state index contributed by atoms with van der Waals surface area (Å²) in [5, 5.41) is 0. The van der Waals surface area contributed by atoms with Crippen LogP contribution in [-0.2, 0) is 27.8 Å². The van der Waals surface area contributed by atoms with Gasteiger partial charge < -0.3 is 18.8 Å². The summed E-state index contributed by atoms with van der Waals surface area (Å²) in [6.07, 6.45) is 3.17. The molecule has 8 heteroatoms. The molecule has 1 saturated heterocycles. The number of nitrogens with zero attached hydrogens (tertiary/aromatic N) is 4. The van der Waals surface area contributed by atoms with Crippen LogP contribution in [0, 0.1) is 25.7 Å². The van der Waals surface area contributed by atoms with Crippen molar-refractivity contribution in [3.63, 3.8) is 0 Å². The Balaban J connectivity index is 1.17. The summed E-state index contributed by atoms with van der Waals surface area (Å²) in [5.74, 6) is 2.62. The lowest BCUT2D eigenvalue weighted by molar-refractivity contribution is -0.148. The monoisotopic (exact) mass is 582 g/mol. The number of esters is 1. The Kier molecular flexibility index (Phi) is 9.14. The molecule has 0 saturated carbocycles. The Bertz CT molecular complexity index is 1520. The fourth-order valence-corrected chi connectivity index (χ4v) is 5.53. The van der Waals surface area contributed by atoms with E-state index >= 15 is 0 Å². The molecule has 0 amide bonds. The summed E-state index contributed by atoms with van der Waals surface area (Å²) in [6, 6.07) is 18.4. The van der Waals surface area contributed by atoms with Crippen LogP contribution >= 0.6 is 0 Å². The molecule has 0 unspecified atom stereocenters. The van der Waals surface area contributed by atoms with E-state index in [9.17, 15) is 4.79 Å². The van der Waals surface area contributed by atoms with Crippen LogP contribution in [0.2, 0.25) is 0 Å². The first-order valence-electron chi connectivity index (χ1n) is 15.1. The Hall–Kier alpha value is -4.20. The molecule has 0 bridgehead atoms. The first-order chi connectivity index (χ1) is 20.6. The summed E-state index contributed by atoms with van der Waals surface area (Å²) >= 11 is 0. The Labute approximate surface area is 254 Å². The minimum atomic E-state index is -0.230. The number of benzene rings is 2. The summed E-state index contributed by atoms with van der Waals surface area (Å²) in [4.78, 5) is 28.7. The third-order valence-electron chi connectivity index (χ3n) is 8.01. The molecule has 1 fully saturated rings. The Morgan fingerprint density at radius 2 is 1.74 bits per heavy atom. The highest BCUT2D eigenvalue weighted by atomic mass is 16.5. The molecule has 8 nitrogen and oxygen atoms in total. The third-order valence-corrected chi connectivity index (χ3v) is 8.01. The van der Waals surface area contributed by atoms with Crippen molar-refractivity contribution in [1.82, 2.24) is 15.0 Å². The van der Waals surface area contributed by atoms with Gasteiger partial charge in [0.1, 0.15) is 11.5 Å². The van der Waals surface area contributed by atoms with Crippen LogP contribution in [0.1, 0.15) is 56.0 Å². The fourth-order valence-electron chi connectivity index (χ4n) is 5.53. The number of aromatic nitrogens is 3. The van der Waals surface area contributed by atoms with Gasteiger partial charge in [0.25, 0.3) is 0 Å². The van der Waals surface area contributed by atoms with Crippen molar-refractivity contribution in [3.05, 3.63) is 89.1 Å². The van der Waals surface area contributed by atoms with Gasteiger partial charge in [-0.3, -0.25) is 4.79 Å². The molecule has 3 heterocycles. The van der Waals surface area contributed by atoms with E-state index in [0.29, 0.717) is 44.6 Å². The Morgan fingerprint density at radius 3 is 2.42 bits per heavy atom.